The van der Waals surface area contributed by atoms with Crippen LogP contribution < -0.4 is 5.32 Å². The molecular formula is C20H24FN3O2S. The fourth-order valence-corrected chi connectivity index (χ4v) is 3.91. The lowest BCUT2D eigenvalue weighted by Crippen LogP contribution is -2.51. The molecule has 0 unspecified atom stereocenters. The molecule has 0 spiro atoms. The van der Waals surface area contributed by atoms with Crippen LogP contribution in [0, 0.1) is 12.7 Å². The molecule has 0 atom stereocenters. The number of carbonyl (C=O) groups excluding carboxylic acids is 2. The van der Waals surface area contributed by atoms with Crippen molar-refractivity contribution in [2.45, 2.75) is 13.3 Å². The fraction of sp³-hybridized carbons (Fsp3) is 0.400. The van der Waals surface area contributed by atoms with Crippen molar-refractivity contribution in [3.05, 3.63) is 57.5 Å². The topological polar surface area (TPSA) is 52.7 Å². The first-order valence-corrected chi connectivity index (χ1v) is 9.92. The monoisotopic (exact) mass is 389 g/mol. The van der Waals surface area contributed by atoms with Crippen molar-refractivity contribution >= 4 is 23.2 Å². The largest absolute Gasteiger partial charge is 0.355 e. The molecule has 1 aliphatic rings. The molecule has 1 aromatic carbocycles. The van der Waals surface area contributed by atoms with Crippen molar-refractivity contribution in [3.8, 4) is 0 Å². The molecule has 1 fully saturated rings. The molecule has 0 saturated carbocycles. The molecule has 0 bridgehead atoms. The zero-order valence-electron chi connectivity index (χ0n) is 15.4. The number of hydrogen-bond acceptors (Lipinski definition) is 4. The zero-order chi connectivity index (χ0) is 19.2. The van der Waals surface area contributed by atoms with E-state index >= 15 is 0 Å². The number of thiophene rings is 1. The van der Waals surface area contributed by atoms with E-state index in [1.54, 1.807) is 12.1 Å². The quantitative estimate of drug-likeness (QED) is 0.825. The summed E-state index contributed by atoms with van der Waals surface area (Å²) in [5.74, 6) is -0.197. The van der Waals surface area contributed by atoms with Crippen molar-refractivity contribution in [3.63, 3.8) is 0 Å². The summed E-state index contributed by atoms with van der Waals surface area (Å²) in [5, 5.41) is 2.90. The SMILES string of the molecule is Cc1ccc(C(=O)N2CCN(CC(=O)NCCc3ccc(F)cc3)CC2)s1. The van der Waals surface area contributed by atoms with E-state index in [-0.39, 0.29) is 17.6 Å². The molecule has 1 saturated heterocycles. The van der Waals surface area contributed by atoms with Gasteiger partial charge < -0.3 is 10.2 Å². The minimum absolute atomic E-state index is 0.0224. The van der Waals surface area contributed by atoms with Crippen LogP contribution in [-0.4, -0.2) is 60.9 Å². The van der Waals surface area contributed by atoms with E-state index in [0.717, 1.165) is 15.3 Å². The Morgan fingerprint density at radius 2 is 1.78 bits per heavy atom. The van der Waals surface area contributed by atoms with E-state index in [9.17, 15) is 14.0 Å². The van der Waals surface area contributed by atoms with E-state index in [1.165, 1.54) is 23.5 Å². The number of piperazine rings is 1. The van der Waals surface area contributed by atoms with Gasteiger partial charge in [-0.1, -0.05) is 12.1 Å². The maximum Gasteiger partial charge on any atom is 0.264 e. The number of nitrogens with zero attached hydrogens (tertiary/aromatic N) is 2. The maximum atomic E-state index is 12.9. The van der Waals surface area contributed by atoms with Gasteiger partial charge in [-0.15, -0.1) is 11.3 Å². The van der Waals surface area contributed by atoms with Gasteiger partial charge in [0.2, 0.25) is 5.91 Å². The highest BCUT2D eigenvalue weighted by molar-refractivity contribution is 7.13. The van der Waals surface area contributed by atoms with Gasteiger partial charge in [0.15, 0.2) is 0 Å². The lowest BCUT2D eigenvalue weighted by Gasteiger charge is -2.34. The summed E-state index contributed by atoms with van der Waals surface area (Å²) in [5.41, 5.74) is 0.993. The number of nitrogens with one attached hydrogen (secondary N) is 1. The molecule has 27 heavy (non-hydrogen) atoms. The van der Waals surface area contributed by atoms with E-state index in [2.05, 4.69) is 10.2 Å². The molecule has 3 rings (SSSR count). The van der Waals surface area contributed by atoms with Gasteiger partial charge >= 0.3 is 0 Å². The zero-order valence-corrected chi connectivity index (χ0v) is 16.2. The number of carbonyl (C=O) groups is 2. The van der Waals surface area contributed by atoms with Crippen LogP contribution in [0.4, 0.5) is 4.39 Å². The first kappa shape index (κ1) is 19.5. The Balaban J connectivity index is 1.36. The van der Waals surface area contributed by atoms with Gasteiger partial charge in [-0.05, 0) is 43.2 Å². The van der Waals surface area contributed by atoms with Crippen LogP contribution in [0.25, 0.3) is 0 Å². The number of benzene rings is 1. The average Bonchev–Trinajstić information content (AvgIpc) is 3.10. The highest BCUT2D eigenvalue weighted by Gasteiger charge is 2.23. The number of halogens is 1. The lowest BCUT2D eigenvalue weighted by atomic mass is 10.1. The third-order valence-electron chi connectivity index (χ3n) is 4.63. The van der Waals surface area contributed by atoms with Gasteiger partial charge in [-0.3, -0.25) is 14.5 Å². The Labute approximate surface area is 162 Å². The predicted octanol–water partition coefficient (Wildman–Crippen LogP) is 2.31. The molecule has 7 heteroatoms. The summed E-state index contributed by atoms with van der Waals surface area (Å²) in [6, 6.07) is 10.2. The van der Waals surface area contributed by atoms with Gasteiger partial charge in [0.1, 0.15) is 5.82 Å². The van der Waals surface area contributed by atoms with Crippen LogP contribution in [0.3, 0.4) is 0 Å². The summed E-state index contributed by atoms with van der Waals surface area (Å²) in [6.45, 7) is 5.53. The smallest absolute Gasteiger partial charge is 0.264 e. The number of hydrogen-bond donors (Lipinski definition) is 1. The average molecular weight is 389 g/mol. The second-order valence-corrected chi connectivity index (χ2v) is 7.99. The molecule has 1 aliphatic heterocycles. The second-order valence-electron chi connectivity index (χ2n) is 6.71. The molecule has 2 amide bonds. The molecule has 1 N–H and O–H groups in total. The van der Waals surface area contributed by atoms with E-state index in [0.29, 0.717) is 45.7 Å². The first-order valence-electron chi connectivity index (χ1n) is 9.10. The highest BCUT2D eigenvalue weighted by Crippen LogP contribution is 2.18. The normalized spacial score (nSPS) is 15.0. The summed E-state index contributed by atoms with van der Waals surface area (Å²) >= 11 is 1.52. The van der Waals surface area contributed by atoms with Crippen LogP contribution >= 0.6 is 11.3 Å². The third-order valence-corrected chi connectivity index (χ3v) is 5.62. The minimum atomic E-state index is -0.255. The van der Waals surface area contributed by atoms with E-state index in [4.69, 9.17) is 0 Å². The molecule has 0 radical (unpaired) electrons. The molecular weight excluding hydrogens is 365 g/mol. The van der Waals surface area contributed by atoms with Gasteiger partial charge in [-0.25, -0.2) is 4.39 Å². The van der Waals surface area contributed by atoms with Crippen LogP contribution in [0.1, 0.15) is 20.1 Å². The summed E-state index contributed by atoms with van der Waals surface area (Å²) in [6.07, 6.45) is 0.675. The molecule has 1 aromatic heterocycles. The van der Waals surface area contributed by atoms with Gasteiger partial charge in [0, 0.05) is 37.6 Å². The highest BCUT2D eigenvalue weighted by atomic mass is 32.1. The molecule has 5 nitrogen and oxygen atoms in total. The minimum Gasteiger partial charge on any atom is -0.355 e. The first-order chi connectivity index (χ1) is 13.0. The molecule has 144 valence electrons. The fourth-order valence-electron chi connectivity index (χ4n) is 3.07. The molecule has 2 heterocycles. The van der Waals surface area contributed by atoms with E-state index < -0.39 is 0 Å². The Morgan fingerprint density at radius 3 is 2.41 bits per heavy atom. The molecule has 0 aliphatic carbocycles. The van der Waals surface area contributed by atoms with Crippen molar-refractivity contribution in [1.29, 1.82) is 0 Å². The van der Waals surface area contributed by atoms with Gasteiger partial charge in [-0.2, -0.15) is 0 Å². The molecule has 2 aromatic rings. The van der Waals surface area contributed by atoms with E-state index in [1.807, 2.05) is 24.0 Å². The lowest BCUT2D eigenvalue weighted by molar-refractivity contribution is -0.122. The second kappa shape index (κ2) is 9.10. The standard InChI is InChI=1S/C20H24FN3O2S/c1-15-2-7-18(27-15)20(26)24-12-10-23(11-13-24)14-19(25)22-9-8-16-3-5-17(21)6-4-16/h2-7H,8-14H2,1H3,(H,22,25). The van der Waals surface area contributed by atoms with Crippen molar-refractivity contribution in [2.24, 2.45) is 0 Å². The number of amides is 2. The van der Waals surface area contributed by atoms with Crippen LogP contribution in [-0.2, 0) is 11.2 Å². The Kier molecular flexibility index (Phi) is 6.58. The van der Waals surface area contributed by atoms with Crippen molar-refractivity contribution in [1.82, 2.24) is 15.1 Å². The Morgan fingerprint density at radius 1 is 1.07 bits per heavy atom. The van der Waals surface area contributed by atoms with Crippen molar-refractivity contribution < 1.29 is 14.0 Å². The summed E-state index contributed by atoms with van der Waals surface area (Å²) in [4.78, 5) is 30.4. The Hall–Kier alpha value is -2.25. The van der Waals surface area contributed by atoms with Gasteiger partial charge in [0.05, 0.1) is 11.4 Å². The third kappa shape index (κ3) is 5.61. The number of aryl methyl sites for hydroxylation is 1. The summed E-state index contributed by atoms with van der Waals surface area (Å²) in [7, 11) is 0. The van der Waals surface area contributed by atoms with Crippen LogP contribution in [0.15, 0.2) is 36.4 Å². The van der Waals surface area contributed by atoms with Crippen LogP contribution in [0.2, 0.25) is 0 Å². The maximum absolute atomic E-state index is 12.9. The Bertz CT molecular complexity index is 783. The summed E-state index contributed by atoms with van der Waals surface area (Å²) < 4.78 is 12.9. The van der Waals surface area contributed by atoms with Gasteiger partial charge in [0.25, 0.3) is 5.91 Å². The van der Waals surface area contributed by atoms with Crippen molar-refractivity contribution in [2.75, 3.05) is 39.3 Å². The predicted molar refractivity (Wildman–Crippen MR) is 105 cm³/mol. The van der Waals surface area contributed by atoms with Crippen LogP contribution in [0.5, 0.6) is 0 Å². The number of rotatable bonds is 6.